The predicted octanol–water partition coefficient (Wildman–Crippen LogP) is 5.13. The summed E-state index contributed by atoms with van der Waals surface area (Å²) in [6.07, 6.45) is 3.15. The van der Waals surface area contributed by atoms with Crippen molar-refractivity contribution in [3.63, 3.8) is 0 Å². The molecule has 0 bridgehead atoms. The molecule has 0 atom stereocenters. The van der Waals surface area contributed by atoms with Crippen molar-refractivity contribution in [3.8, 4) is 11.4 Å². The van der Waals surface area contributed by atoms with Gasteiger partial charge in [0.2, 0.25) is 17.6 Å². The number of halogens is 2. The quantitative estimate of drug-likeness (QED) is 0.451. The second-order valence-corrected chi connectivity index (χ2v) is 7.94. The van der Waals surface area contributed by atoms with Crippen LogP contribution in [0.15, 0.2) is 53.6 Å². The number of amides is 1. The Morgan fingerprint density at radius 2 is 2.07 bits per heavy atom. The zero-order valence-electron chi connectivity index (χ0n) is 15.1. The Kier molecular flexibility index (Phi) is 6.95. The van der Waals surface area contributed by atoms with Crippen LogP contribution in [0.4, 0.5) is 4.39 Å². The number of aromatic nitrogens is 2. The van der Waals surface area contributed by atoms with Gasteiger partial charge in [-0.05, 0) is 42.8 Å². The molecule has 5 nitrogen and oxygen atoms in total. The number of thiophene rings is 1. The third kappa shape index (κ3) is 5.50. The van der Waals surface area contributed by atoms with Gasteiger partial charge in [0.15, 0.2) is 0 Å². The molecule has 3 aromatic rings. The first-order chi connectivity index (χ1) is 13.5. The Morgan fingerprint density at radius 3 is 2.75 bits per heavy atom. The van der Waals surface area contributed by atoms with E-state index in [1.807, 2.05) is 12.1 Å². The Hall–Kier alpha value is -2.51. The summed E-state index contributed by atoms with van der Waals surface area (Å²) < 4.78 is 18.9. The highest BCUT2D eigenvalue weighted by Gasteiger charge is 2.15. The standard InChI is InChI=1S/C20H19ClFN3O2S/c1-2-12-25(13-16-10-11-17(21)28-16)19(26)5-3-4-18-23-20(24-27-18)14-6-8-15(22)9-7-14/h2,6-11H,1,3-5,12-13H2. The van der Waals surface area contributed by atoms with Gasteiger partial charge in [-0.2, -0.15) is 4.98 Å². The topological polar surface area (TPSA) is 59.2 Å². The molecule has 3 rings (SSSR count). The second kappa shape index (κ2) is 9.61. The smallest absolute Gasteiger partial charge is 0.226 e. The number of benzene rings is 1. The molecule has 0 saturated carbocycles. The monoisotopic (exact) mass is 419 g/mol. The fraction of sp³-hybridized carbons (Fsp3) is 0.250. The maximum absolute atomic E-state index is 13.0. The lowest BCUT2D eigenvalue weighted by Crippen LogP contribution is -2.30. The fourth-order valence-electron chi connectivity index (χ4n) is 2.66. The van der Waals surface area contributed by atoms with Crippen molar-refractivity contribution < 1.29 is 13.7 Å². The van der Waals surface area contributed by atoms with Crippen molar-refractivity contribution in [1.29, 1.82) is 0 Å². The number of hydrogen-bond acceptors (Lipinski definition) is 5. The van der Waals surface area contributed by atoms with Crippen molar-refractivity contribution in [2.24, 2.45) is 0 Å². The van der Waals surface area contributed by atoms with Crippen LogP contribution in [0.2, 0.25) is 4.34 Å². The number of aryl methyl sites for hydroxylation is 1. The van der Waals surface area contributed by atoms with E-state index in [-0.39, 0.29) is 11.7 Å². The van der Waals surface area contributed by atoms with E-state index in [2.05, 4.69) is 16.7 Å². The van der Waals surface area contributed by atoms with Crippen LogP contribution in [0.5, 0.6) is 0 Å². The van der Waals surface area contributed by atoms with E-state index in [1.165, 1.54) is 23.5 Å². The van der Waals surface area contributed by atoms with Crippen LogP contribution in [-0.4, -0.2) is 27.5 Å². The first kappa shape index (κ1) is 20.2. The highest BCUT2D eigenvalue weighted by atomic mass is 35.5. The van der Waals surface area contributed by atoms with Gasteiger partial charge >= 0.3 is 0 Å². The lowest BCUT2D eigenvalue weighted by Gasteiger charge is -2.20. The van der Waals surface area contributed by atoms with Crippen LogP contribution in [-0.2, 0) is 17.8 Å². The highest BCUT2D eigenvalue weighted by molar-refractivity contribution is 7.16. The summed E-state index contributed by atoms with van der Waals surface area (Å²) >= 11 is 7.42. The van der Waals surface area contributed by atoms with Crippen molar-refractivity contribution in [1.82, 2.24) is 15.0 Å². The van der Waals surface area contributed by atoms with Gasteiger partial charge in [-0.15, -0.1) is 17.9 Å². The Morgan fingerprint density at radius 1 is 1.29 bits per heavy atom. The summed E-state index contributed by atoms with van der Waals surface area (Å²) in [5.41, 5.74) is 0.680. The van der Waals surface area contributed by atoms with Gasteiger partial charge < -0.3 is 9.42 Å². The van der Waals surface area contributed by atoms with Crippen molar-refractivity contribution in [2.75, 3.05) is 6.54 Å². The third-order valence-electron chi connectivity index (χ3n) is 4.03. The van der Waals surface area contributed by atoms with Gasteiger partial charge in [0.05, 0.1) is 10.9 Å². The molecule has 0 unspecified atom stereocenters. The van der Waals surface area contributed by atoms with E-state index >= 15 is 0 Å². The summed E-state index contributed by atoms with van der Waals surface area (Å²) in [6.45, 7) is 4.71. The van der Waals surface area contributed by atoms with Gasteiger partial charge in [0.25, 0.3) is 0 Å². The van der Waals surface area contributed by atoms with E-state index in [4.69, 9.17) is 16.1 Å². The average molecular weight is 420 g/mol. The molecule has 2 aromatic heterocycles. The summed E-state index contributed by atoms with van der Waals surface area (Å²) in [7, 11) is 0. The minimum absolute atomic E-state index is 0.0303. The number of rotatable bonds is 9. The molecule has 28 heavy (non-hydrogen) atoms. The predicted molar refractivity (Wildman–Crippen MR) is 108 cm³/mol. The Bertz CT molecular complexity index is 939. The van der Waals surface area contributed by atoms with Crippen LogP contribution < -0.4 is 0 Å². The molecule has 1 amide bonds. The van der Waals surface area contributed by atoms with Gasteiger partial charge in [0, 0.05) is 29.8 Å². The van der Waals surface area contributed by atoms with Gasteiger partial charge in [-0.25, -0.2) is 4.39 Å². The molecular formula is C20H19ClFN3O2S. The van der Waals surface area contributed by atoms with E-state index in [0.29, 0.717) is 54.0 Å². The van der Waals surface area contributed by atoms with Gasteiger partial charge in [-0.3, -0.25) is 4.79 Å². The maximum atomic E-state index is 13.0. The zero-order chi connectivity index (χ0) is 19.9. The molecule has 0 spiro atoms. The molecule has 0 aliphatic rings. The molecule has 0 N–H and O–H groups in total. The molecule has 146 valence electrons. The molecule has 0 aliphatic carbocycles. The maximum Gasteiger partial charge on any atom is 0.226 e. The lowest BCUT2D eigenvalue weighted by molar-refractivity contribution is -0.131. The van der Waals surface area contributed by atoms with E-state index in [0.717, 1.165) is 4.88 Å². The number of nitrogens with zero attached hydrogens (tertiary/aromatic N) is 3. The van der Waals surface area contributed by atoms with Crippen LogP contribution in [0.25, 0.3) is 11.4 Å². The average Bonchev–Trinajstić information content (AvgIpc) is 3.31. The molecule has 1 aromatic carbocycles. The number of carbonyl (C=O) groups excluding carboxylic acids is 1. The Balaban J connectivity index is 1.52. The fourth-order valence-corrected chi connectivity index (χ4v) is 3.76. The van der Waals surface area contributed by atoms with Crippen LogP contribution in [0.3, 0.4) is 0 Å². The first-order valence-corrected chi connectivity index (χ1v) is 9.96. The van der Waals surface area contributed by atoms with Crippen molar-refractivity contribution in [3.05, 3.63) is 70.0 Å². The van der Waals surface area contributed by atoms with Gasteiger partial charge in [-0.1, -0.05) is 22.8 Å². The SMILES string of the molecule is C=CCN(Cc1ccc(Cl)s1)C(=O)CCCc1nc(-c2ccc(F)cc2)no1. The first-order valence-electron chi connectivity index (χ1n) is 8.76. The molecule has 2 heterocycles. The summed E-state index contributed by atoms with van der Waals surface area (Å²) in [5, 5.41) is 3.91. The summed E-state index contributed by atoms with van der Waals surface area (Å²) in [6, 6.07) is 9.63. The largest absolute Gasteiger partial charge is 0.339 e. The number of carbonyl (C=O) groups is 1. The van der Waals surface area contributed by atoms with E-state index < -0.39 is 0 Å². The van der Waals surface area contributed by atoms with Crippen molar-refractivity contribution in [2.45, 2.75) is 25.8 Å². The van der Waals surface area contributed by atoms with Crippen LogP contribution in [0.1, 0.15) is 23.6 Å². The van der Waals surface area contributed by atoms with Crippen LogP contribution >= 0.6 is 22.9 Å². The molecular weight excluding hydrogens is 401 g/mol. The third-order valence-corrected chi connectivity index (χ3v) is 5.25. The summed E-state index contributed by atoms with van der Waals surface area (Å²) in [5.74, 6) is 0.569. The minimum atomic E-state index is -0.320. The number of hydrogen-bond donors (Lipinski definition) is 0. The molecule has 0 fully saturated rings. The Labute approximate surface area is 171 Å². The van der Waals surface area contributed by atoms with E-state index in [9.17, 15) is 9.18 Å². The molecule has 0 radical (unpaired) electrons. The molecule has 0 aliphatic heterocycles. The summed E-state index contributed by atoms with van der Waals surface area (Å²) in [4.78, 5) is 19.6. The molecule has 8 heteroatoms. The van der Waals surface area contributed by atoms with Crippen LogP contribution in [0, 0.1) is 5.82 Å². The van der Waals surface area contributed by atoms with Gasteiger partial charge in [0.1, 0.15) is 5.82 Å². The highest BCUT2D eigenvalue weighted by Crippen LogP contribution is 2.23. The van der Waals surface area contributed by atoms with Crippen molar-refractivity contribution >= 4 is 28.8 Å². The normalized spacial score (nSPS) is 10.8. The second-order valence-electron chi connectivity index (χ2n) is 6.14. The van der Waals surface area contributed by atoms with E-state index in [1.54, 1.807) is 23.1 Å². The minimum Gasteiger partial charge on any atom is -0.339 e. The molecule has 0 saturated heterocycles. The zero-order valence-corrected chi connectivity index (χ0v) is 16.7. The lowest BCUT2D eigenvalue weighted by atomic mass is 10.2.